The Labute approximate surface area is 130 Å². The first-order chi connectivity index (χ1) is 9.92. The van der Waals surface area contributed by atoms with Gasteiger partial charge in [-0.3, -0.25) is 4.79 Å². The molecule has 21 heavy (non-hydrogen) atoms. The minimum absolute atomic E-state index is 0.00783. The van der Waals surface area contributed by atoms with Crippen LogP contribution in [-0.2, 0) is 0 Å². The van der Waals surface area contributed by atoms with Crippen molar-refractivity contribution in [1.82, 2.24) is 5.32 Å². The van der Waals surface area contributed by atoms with Gasteiger partial charge in [-0.15, -0.1) is 11.3 Å². The quantitative estimate of drug-likeness (QED) is 0.888. The van der Waals surface area contributed by atoms with Crippen LogP contribution in [0.4, 0.5) is 5.69 Å². The number of hydrogen-bond donors (Lipinski definition) is 2. The van der Waals surface area contributed by atoms with Crippen molar-refractivity contribution in [2.75, 3.05) is 12.4 Å². The number of hydrogen-bond acceptors (Lipinski definition) is 3. The molecule has 0 spiro atoms. The van der Waals surface area contributed by atoms with Crippen molar-refractivity contribution >= 4 is 22.9 Å². The highest BCUT2D eigenvalue weighted by Crippen LogP contribution is 2.27. The van der Waals surface area contributed by atoms with Crippen LogP contribution in [0, 0.1) is 20.8 Å². The molecule has 0 aliphatic heterocycles. The Balaban J connectivity index is 2.20. The van der Waals surface area contributed by atoms with E-state index in [9.17, 15) is 4.79 Å². The fourth-order valence-corrected chi connectivity index (χ4v) is 3.52. The molecule has 3 nitrogen and oxygen atoms in total. The van der Waals surface area contributed by atoms with E-state index < -0.39 is 0 Å². The molecule has 0 bridgehead atoms. The van der Waals surface area contributed by atoms with Crippen molar-refractivity contribution in [3.8, 4) is 0 Å². The first-order valence-corrected chi connectivity index (χ1v) is 7.90. The Morgan fingerprint density at radius 1 is 1.19 bits per heavy atom. The van der Waals surface area contributed by atoms with E-state index in [4.69, 9.17) is 0 Å². The standard InChI is InChI=1S/C17H22N2OS/c1-10-6-7-14(16(8-10)18-5)17(20)19-12(3)15-9-11(2)21-13(15)4/h6-9,12,18H,1-5H3,(H,19,20). The fraction of sp³-hybridized carbons (Fsp3) is 0.353. The third-order valence-corrected chi connectivity index (χ3v) is 4.56. The molecule has 0 aliphatic rings. The van der Waals surface area contributed by atoms with Crippen LogP contribution in [0.1, 0.15) is 44.2 Å². The lowest BCUT2D eigenvalue weighted by Crippen LogP contribution is -2.27. The zero-order valence-corrected chi connectivity index (χ0v) is 14.0. The molecule has 0 aliphatic carbocycles. The van der Waals surface area contributed by atoms with Crippen molar-refractivity contribution in [3.63, 3.8) is 0 Å². The zero-order valence-electron chi connectivity index (χ0n) is 13.2. The minimum Gasteiger partial charge on any atom is -0.387 e. The average molecular weight is 302 g/mol. The molecular weight excluding hydrogens is 280 g/mol. The van der Waals surface area contributed by atoms with Gasteiger partial charge in [-0.1, -0.05) is 6.07 Å². The van der Waals surface area contributed by atoms with Crippen molar-refractivity contribution in [1.29, 1.82) is 0 Å². The van der Waals surface area contributed by atoms with Crippen molar-refractivity contribution in [2.45, 2.75) is 33.7 Å². The van der Waals surface area contributed by atoms with Crippen molar-refractivity contribution in [3.05, 3.63) is 50.7 Å². The van der Waals surface area contributed by atoms with Gasteiger partial charge in [0.2, 0.25) is 0 Å². The summed E-state index contributed by atoms with van der Waals surface area (Å²) in [6, 6.07) is 7.97. The van der Waals surface area contributed by atoms with Gasteiger partial charge in [0.05, 0.1) is 11.6 Å². The Hall–Kier alpha value is -1.81. The molecule has 1 amide bonds. The second kappa shape index (κ2) is 6.31. The van der Waals surface area contributed by atoms with Gasteiger partial charge in [0, 0.05) is 22.5 Å². The molecule has 1 aromatic heterocycles. The number of anilines is 1. The lowest BCUT2D eigenvalue weighted by molar-refractivity contribution is 0.0940. The van der Waals surface area contributed by atoms with Crippen LogP contribution in [-0.4, -0.2) is 13.0 Å². The van der Waals surface area contributed by atoms with E-state index >= 15 is 0 Å². The summed E-state index contributed by atoms with van der Waals surface area (Å²) in [4.78, 5) is 15.0. The second-order valence-electron chi connectivity index (χ2n) is 5.36. The first kappa shape index (κ1) is 15.6. The molecule has 0 saturated heterocycles. The molecular formula is C17H22N2OS. The monoisotopic (exact) mass is 302 g/mol. The summed E-state index contributed by atoms with van der Waals surface area (Å²) in [6.07, 6.45) is 0. The molecule has 4 heteroatoms. The normalized spacial score (nSPS) is 12.0. The molecule has 112 valence electrons. The van der Waals surface area contributed by atoms with E-state index in [0.717, 1.165) is 11.3 Å². The van der Waals surface area contributed by atoms with E-state index in [1.165, 1.54) is 15.3 Å². The first-order valence-electron chi connectivity index (χ1n) is 7.08. The van der Waals surface area contributed by atoms with Gasteiger partial charge in [0.15, 0.2) is 0 Å². The maximum absolute atomic E-state index is 12.5. The summed E-state index contributed by atoms with van der Waals surface area (Å²) >= 11 is 1.77. The van der Waals surface area contributed by atoms with Gasteiger partial charge < -0.3 is 10.6 Å². The van der Waals surface area contributed by atoms with Crippen LogP contribution in [0.5, 0.6) is 0 Å². The molecule has 1 aromatic carbocycles. The zero-order chi connectivity index (χ0) is 15.6. The van der Waals surface area contributed by atoms with E-state index in [-0.39, 0.29) is 11.9 Å². The molecule has 2 aromatic rings. The number of rotatable bonds is 4. The van der Waals surface area contributed by atoms with Crippen LogP contribution in [0.25, 0.3) is 0 Å². The van der Waals surface area contributed by atoms with Crippen LogP contribution in [0.15, 0.2) is 24.3 Å². The smallest absolute Gasteiger partial charge is 0.253 e. The number of nitrogens with one attached hydrogen (secondary N) is 2. The SMILES string of the molecule is CNc1cc(C)ccc1C(=O)NC(C)c1cc(C)sc1C. The molecule has 2 N–H and O–H groups in total. The lowest BCUT2D eigenvalue weighted by atomic mass is 10.1. The highest BCUT2D eigenvalue weighted by atomic mass is 32.1. The summed E-state index contributed by atoms with van der Waals surface area (Å²) in [6.45, 7) is 8.23. The van der Waals surface area contributed by atoms with E-state index in [2.05, 4.69) is 30.5 Å². The summed E-state index contributed by atoms with van der Waals surface area (Å²) in [5.74, 6) is -0.0462. The Morgan fingerprint density at radius 2 is 1.90 bits per heavy atom. The molecule has 1 unspecified atom stereocenters. The summed E-state index contributed by atoms with van der Waals surface area (Å²) in [7, 11) is 1.83. The second-order valence-corrected chi connectivity index (χ2v) is 6.82. The maximum atomic E-state index is 12.5. The lowest BCUT2D eigenvalue weighted by Gasteiger charge is -2.16. The van der Waals surface area contributed by atoms with Crippen LogP contribution in [0.2, 0.25) is 0 Å². The van der Waals surface area contributed by atoms with E-state index in [1.807, 2.05) is 39.1 Å². The van der Waals surface area contributed by atoms with Crippen LogP contribution in [0.3, 0.4) is 0 Å². The summed E-state index contributed by atoms with van der Waals surface area (Å²) in [5.41, 5.74) is 3.87. The number of carbonyl (C=O) groups excluding carboxylic acids is 1. The third kappa shape index (κ3) is 3.45. The largest absolute Gasteiger partial charge is 0.387 e. The molecule has 1 atom stereocenters. The van der Waals surface area contributed by atoms with Crippen LogP contribution < -0.4 is 10.6 Å². The predicted octanol–water partition coefficient (Wildman–Crippen LogP) is 4.21. The Bertz CT molecular complexity index is 661. The van der Waals surface area contributed by atoms with E-state index in [0.29, 0.717) is 5.56 Å². The third-order valence-electron chi connectivity index (χ3n) is 3.58. The van der Waals surface area contributed by atoms with Crippen molar-refractivity contribution < 1.29 is 4.79 Å². The summed E-state index contributed by atoms with van der Waals surface area (Å²) in [5, 5.41) is 6.18. The predicted molar refractivity (Wildman–Crippen MR) is 90.4 cm³/mol. The average Bonchev–Trinajstić information content (AvgIpc) is 2.77. The van der Waals surface area contributed by atoms with Gasteiger partial charge in [-0.25, -0.2) is 0 Å². The summed E-state index contributed by atoms with van der Waals surface area (Å²) < 4.78 is 0. The van der Waals surface area contributed by atoms with Crippen molar-refractivity contribution in [2.24, 2.45) is 0 Å². The van der Waals surface area contributed by atoms with Gasteiger partial charge in [0.25, 0.3) is 5.91 Å². The van der Waals surface area contributed by atoms with Gasteiger partial charge in [-0.05, 0) is 57.0 Å². The molecule has 2 rings (SSSR count). The molecule has 0 saturated carbocycles. The number of carbonyl (C=O) groups is 1. The number of benzene rings is 1. The van der Waals surface area contributed by atoms with Gasteiger partial charge in [0.1, 0.15) is 0 Å². The topological polar surface area (TPSA) is 41.1 Å². The van der Waals surface area contributed by atoms with Crippen LogP contribution >= 0.6 is 11.3 Å². The molecule has 0 fully saturated rings. The number of aryl methyl sites for hydroxylation is 3. The highest BCUT2D eigenvalue weighted by molar-refractivity contribution is 7.12. The van der Waals surface area contributed by atoms with Gasteiger partial charge in [-0.2, -0.15) is 0 Å². The highest BCUT2D eigenvalue weighted by Gasteiger charge is 2.17. The Kier molecular flexibility index (Phi) is 4.68. The minimum atomic E-state index is -0.0462. The Morgan fingerprint density at radius 3 is 2.48 bits per heavy atom. The van der Waals surface area contributed by atoms with Gasteiger partial charge >= 0.3 is 0 Å². The fourth-order valence-electron chi connectivity index (χ4n) is 2.50. The maximum Gasteiger partial charge on any atom is 0.253 e. The number of amides is 1. The molecule has 0 radical (unpaired) electrons. The number of thiophene rings is 1. The molecule has 1 heterocycles. The van der Waals surface area contributed by atoms with E-state index in [1.54, 1.807) is 11.3 Å².